The van der Waals surface area contributed by atoms with E-state index in [4.69, 9.17) is 23.4 Å². The molecule has 1 fully saturated rings. The van der Waals surface area contributed by atoms with Crippen molar-refractivity contribution in [3.8, 4) is 0 Å². The summed E-state index contributed by atoms with van der Waals surface area (Å²) in [6.07, 6.45) is -2.02. The molecule has 1 saturated heterocycles. The van der Waals surface area contributed by atoms with Crippen LogP contribution in [0.1, 0.15) is 31.1 Å². The summed E-state index contributed by atoms with van der Waals surface area (Å²) in [5.74, 6) is -1.78. The zero-order valence-electron chi connectivity index (χ0n) is 23.4. The molecule has 0 spiro atoms. The van der Waals surface area contributed by atoms with Crippen molar-refractivity contribution in [2.75, 3.05) is 12.9 Å². The Balaban J connectivity index is 1.69. The van der Waals surface area contributed by atoms with Gasteiger partial charge in [0.1, 0.15) is 24.3 Å². The monoisotopic (exact) mass is 594 g/mol. The first-order valence-electron chi connectivity index (χ1n) is 13.3. The lowest BCUT2D eigenvalue weighted by molar-refractivity contribution is -0.202. The summed E-state index contributed by atoms with van der Waals surface area (Å²) in [5.41, 5.74) is 0.430. The Kier molecular flexibility index (Phi) is 10.4. The summed E-state index contributed by atoms with van der Waals surface area (Å²) in [7, 11) is -2.22. The van der Waals surface area contributed by atoms with Crippen LogP contribution in [0.3, 0.4) is 0 Å². The van der Waals surface area contributed by atoms with Crippen LogP contribution in [0, 0.1) is 0 Å². The number of benzene rings is 3. The van der Waals surface area contributed by atoms with Gasteiger partial charge in [-0.05, 0) is 62.3 Å². The van der Waals surface area contributed by atoms with E-state index in [9.17, 15) is 14.4 Å². The topological polar surface area (TPSA) is 97.4 Å². The Hall–Kier alpha value is -3.44. The number of hydrogen-bond acceptors (Lipinski definition) is 9. The van der Waals surface area contributed by atoms with Crippen molar-refractivity contribution in [2.45, 2.75) is 49.5 Å². The second-order valence-corrected chi connectivity index (χ2v) is 15.8. The third-order valence-electron chi connectivity index (χ3n) is 6.21. The highest BCUT2D eigenvalue weighted by molar-refractivity contribution is 7.99. The van der Waals surface area contributed by atoms with E-state index in [1.165, 1.54) is 11.8 Å². The zero-order chi connectivity index (χ0) is 29.4. The Bertz CT molecular complexity index is 1300. The number of esters is 3. The summed E-state index contributed by atoms with van der Waals surface area (Å²) in [6.45, 7) is 5.80. The zero-order valence-corrected chi connectivity index (χ0v) is 25.2. The van der Waals surface area contributed by atoms with Gasteiger partial charge in [-0.3, -0.25) is 0 Å². The van der Waals surface area contributed by atoms with E-state index in [0.29, 0.717) is 16.7 Å². The number of carbonyl (C=O) groups excluding carboxylic acids is 3. The van der Waals surface area contributed by atoms with Crippen LogP contribution in [0.5, 0.6) is 0 Å². The van der Waals surface area contributed by atoms with Gasteiger partial charge in [0.15, 0.2) is 20.5 Å². The predicted octanol–water partition coefficient (Wildman–Crippen LogP) is 5.60. The number of carbonyl (C=O) groups is 3. The minimum atomic E-state index is -2.22. The Labute approximate surface area is 245 Å². The van der Waals surface area contributed by atoms with Crippen molar-refractivity contribution in [1.82, 2.24) is 0 Å². The average Bonchev–Trinajstić information content (AvgIpc) is 2.98. The quantitative estimate of drug-likeness (QED) is 0.169. The highest BCUT2D eigenvalue weighted by Crippen LogP contribution is 2.35. The van der Waals surface area contributed by atoms with Gasteiger partial charge in [-0.2, -0.15) is 0 Å². The molecule has 0 amide bonds. The predicted molar refractivity (Wildman–Crippen MR) is 158 cm³/mol. The van der Waals surface area contributed by atoms with Crippen LogP contribution in [-0.2, 0) is 23.4 Å². The van der Waals surface area contributed by atoms with Crippen LogP contribution in [0.2, 0.25) is 19.6 Å². The molecular weight excluding hydrogens is 560 g/mol. The maximum absolute atomic E-state index is 13.3. The van der Waals surface area contributed by atoms with Crippen molar-refractivity contribution in [2.24, 2.45) is 0 Å². The van der Waals surface area contributed by atoms with E-state index < -0.39 is 56.1 Å². The van der Waals surface area contributed by atoms with E-state index in [-0.39, 0.29) is 6.61 Å². The molecule has 0 radical (unpaired) electrons. The van der Waals surface area contributed by atoms with E-state index in [0.717, 1.165) is 0 Å². The Morgan fingerprint density at radius 2 is 1.12 bits per heavy atom. The largest absolute Gasteiger partial charge is 0.459 e. The molecule has 1 heterocycles. The average molecular weight is 595 g/mol. The molecule has 41 heavy (non-hydrogen) atoms. The fourth-order valence-electron chi connectivity index (χ4n) is 4.36. The van der Waals surface area contributed by atoms with Crippen molar-refractivity contribution >= 4 is 38.0 Å². The van der Waals surface area contributed by atoms with E-state index >= 15 is 0 Å². The van der Waals surface area contributed by atoms with E-state index in [1.54, 1.807) is 91.0 Å². The first-order chi connectivity index (χ1) is 19.7. The molecule has 3 unspecified atom stereocenters. The lowest BCUT2D eigenvalue weighted by Crippen LogP contribution is -2.63. The summed E-state index contributed by atoms with van der Waals surface area (Å²) in [6, 6.07) is 25.6. The molecule has 5 atom stereocenters. The number of rotatable bonds is 10. The van der Waals surface area contributed by atoms with Gasteiger partial charge in [-0.1, -0.05) is 54.6 Å². The van der Waals surface area contributed by atoms with Gasteiger partial charge in [-0.25, -0.2) is 14.4 Å². The van der Waals surface area contributed by atoms with Crippen molar-refractivity contribution in [1.29, 1.82) is 0 Å². The normalized spacial score (nSPS) is 22.4. The summed E-state index contributed by atoms with van der Waals surface area (Å²) < 4.78 is 30.6. The molecule has 0 saturated carbocycles. The lowest BCUT2D eigenvalue weighted by atomic mass is 9.99. The molecule has 0 aliphatic carbocycles. The highest BCUT2D eigenvalue weighted by atomic mass is 32.2. The molecular formula is C31H34O8SSi. The van der Waals surface area contributed by atoms with Crippen LogP contribution in [-0.4, -0.2) is 68.9 Å². The minimum absolute atomic E-state index is 0.240. The second kappa shape index (κ2) is 14.0. The summed E-state index contributed by atoms with van der Waals surface area (Å²) in [4.78, 5) is 39.4. The maximum Gasteiger partial charge on any atom is 0.338 e. The summed E-state index contributed by atoms with van der Waals surface area (Å²) >= 11 is 1.38. The van der Waals surface area contributed by atoms with Crippen LogP contribution in [0.25, 0.3) is 0 Å². The van der Waals surface area contributed by atoms with Gasteiger partial charge in [0.25, 0.3) is 0 Å². The Morgan fingerprint density at radius 1 is 0.683 bits per heavy atom. The molecule has 0 N–H and O–H groups in total. The van der Waals surface area contributed by atoms with Crippen LogP contribution in [0.15, 0.2) is 91.0 Å². The second-order valence-electron chi connectivity index (χ2n) is 10.4. The maximum atomic E-state index is 13.3. The fraction of sp³-hybridized carbons (Fsp3) is 0.323. The third kappa shape index (κ3) is 8.29. The first kappa shape index (κ1) is 30.5. The van der Waals surface area contributed by atoms with Crippen molar-refractivity contribution in [3.63, 3.8) is 0 Å². The third-order valence-corrected chi connectivity index (χ3v) is 8.03. The molecule has 1 aliphatic heterocycles. The Morgan fingerprint density at radius 3 is 1.56 bits per heavy atom. The van der Waals surface area contributed by atoms with Gasteiger partial charge in [-0.15, -0.1) is 11.8 Å². The number of thioether (sulfide) groups is 1. The smallest absolute Gasteiger partial charge is 0.338 e. The van der Waals surface area contributed by atoms with Crippen molar-refractivity contribution in [3.05, 3.63) is 108 Å². The fourth-order valence-corrected chi connectivity index (χ4v) is 6.26. The number of ether oxygens (including phenoxy) is 4. The first-order valence-corrected chi connectivity index (χ1v) is 18.0. The molecule has 216 valence electrons. The molecule has 3 aromatic rings. The minimum Gasteiger partial charge on any atom is -0.459 e. The standard InChI is InChI=1S/C31H34O8SSi/c1-40-31-27(39-41(2,3)4)26(38-30(34)23-18-12-7-13-19-23)25(37-29(33)22-16-10-6-11-17-22)24(36-31)20-35-28(32)21-14-8-5-9-15-21/h5-19,24-27,31H,20H2,1-4H3/t24-,25-,26?,27?,31?/m1/s1. The van der Waals surface area contributed by atoms with Crippen molar-refractivity contribution < 1.29 is 37.8 Å². The molecule has 0 aromatic heterocycles. The van der Waals surface area contributed by atoms with Crippen LogP contribution in [0.4, 0.5) is 0 Å². The highest BCUT2D eigenvalue weighted by Gasteiger charge is 2.52. The van der Waals surface area contributed by atoms with Gasteiger partial charge in [0.05, 0.1) is 16.7 Å². The molecule has 10 heteroatoms. The molecule has 3 aromatic carbocycles. The van der Waals surface area contributed by atoms with Crippen LogP contribution < -0.4 is 0 Å². The summed E-state index contributed by atoms with van der Waals surface area (Å²) in [5, 5.41) is 0. The van der Waals surface area contributed by atoms with Gasteiger partial charge < -0.3 is 23.4 Å². The van der Waals surface area contributed by atoms with Crippen LogP contribution >= 0.6 is 11.8 Å². The molecule has 8 nitrogen and oxygen atoms in total. The molecule has 1 aliphatic rings. The van der Waals surface area contributed by atoms with E-state index in [2.05, 4.69) is 0 Å². The number of hydrogen-bond donors (Lipinski definition) is 0. The lowest BCUT2D eigenvalue weighted by Gasteiger charge is -2.46. The van der Waals surface area contributed by atoms with Gasteiger partial charge in [0.2, 0.25) is 0 Å². The van der Waals surface area contributed by atoms with E-state index in [1.807, 2.05) is 25.9 Å². The SMILES string of the molecule is CSC1O[C@H](COC(=O)c2ccccc2)[C@@H](OC(=O)c2ccccc2)C(OC(=O)c2ccccc2)C1O[Si](C)(C)C. The van der Waals surface area contributed by atoms with Gasteiger partial charge in [0, 0.05) is 0 Å². The molecule has 0 bridgehead atoms. The van der Waals surface area contributed by atoms with Gasteiger partial charge >= 0.3 is 17.9 Å². The molecule has 4 rings (SSSR count).